The van der Waals surface area contributed by atoms with Gasteiger partial charge in [0.1, 0.15) is 0 Å². The summed E-state index contributed by atoms with van der Waals surface area (Å²) in [5.41, 5.74) is -0.966. The molecule has 1 aromatic rings. The number of allylic oxidation sites excluding steroid dienone is 4. The van der Waals surface area contributed by atoms with Gasteiger partial charge in [-0.3, -0.25) is 24.2 Å². The van der Waals surface area contributed by atoms with Crippen molar-refractivity contribution in [2.75, 3.05) is 13.2 Å². The molecule has 10 heteroatoms. The molecule has 1 aliphatic heterocycles. The topological polar surface area (TPSA) is 141 Å². The second-order valence-electron chi connectivity index (χ2n) is 15.4. The van der Waals surface area contributed by atoms with Crippen LogP contribution in [-0.2, 0) is 28.6 Å². The van der Waals surface area contributed by atoms with Crippen LogP contribution in [0.3, 0.4) is 0 Å². The van der Waals surface area contributed by atoms with E-state index in [2.05, 4.69) is 24.1 Å². The number of esters is 1. The van der Waals surface area contributed by atoms with Crippen LogP contribution < -0.4 is 5.32 Å². The fourth-order valence-electron chi connectivity index (χ4n) is 10.6. The number of hydrogen-bond donors (Lipinski definition) is 2. The molecule has 1 amide bonds. The third kappa shape index (κ3) is 5.48. The first-order chi connectivity index (χ1) is 23.1. The highest BCUT2D eigenvalue weighted by Crippen LogP contribution is 2.70. The minimum Gasteiger partial charge on any atom is -0.458 e. The Labute approximate surface area is 282 Å². The van der Waals surface area contributed by atoms with E-state index in [-0.39, 0.29) is 54.1 Å². The monoisotopic (exact) mass is 660 g/mol. The van der Waals surface area contributed by atoms with E-state index in [9.17, 15) is 24.3 Å². The summed E-state index contributed by atoms with van der Waals surface area (Å²) >= 11 is 0. The van der Waals surface area contributed by atoms with Gasteiger partial charge in [-0.2, -0.15) is 0 Å². The number of hydrogen-bond acceptors (Lipinski definition) is 9. The number of carbonyl (C=O) groups excluding carboxylic acids is 4. The first kappa shape index (κ1) is 33.3. The highest BCUT2D eigenvalue weighted by Gasteiger charge is 2.76. The van der Waals surface area contributed by atoms with Crippen LogP contribution in [0.2, 0.25) is 0 Å². The summed E-state index contributed by atoms with van der Waals surface area (Å²) in [5, 5.41) is 14.8. The van der Waals surface area contributed by atoms with Crippen LogP contribution in [0.5, 0.6) is 0 Å². The number of amides is 1. The van der Waals surface area contributed by atoms with E-state index in [1.54, 1.807) is 30.5 Å². The van der Waals surface area contributed by atoms with E-state index in [1.165, 1.54) is 12.6 Å². The Balaban J connectivity index is 1.07. The summed E-state index contributed by atoms with van der Waals surface area (Å²) in [6.45, 7) is 4.07. The number of ketones is 2. The van der Waals surface area contributed by atoms with Gasteiger partial charge >= 0.3 is 5.97 Å². The van der Waals surface area contributed by atoms with Gasteiger partial charge in [0.25, 0.3) is 5.91 Å². The molecule has 1 saturated heterocycles. The van der Waals surface area contributed by atoms with E-state index >= 15 is 0 Å². The van der Waals surface area contributed by atoms with Gasteiger partial charge in [0.15, 0.2) is 24.3 Å². The summed E-state index contributed by atoms with van der Waals surface area (Å²) in [4.78, 5) is 55.8. The molecule has 1 aromatic heterocycles. The van der Waals surface area contributed by atoms with Gasteiger partial charge in [0.05, 0.1) is 17.8 Å². The summed E-state index contributed by atoms with van der Waals surface area (Å²) in [6, 6.07) is 3.35. The van der Waals surface area contributed by atoms with Crippen LogP contribution in [0, 0.1) is 34.5 Å². The molecule has 258 valence electrons. The second-order valence-corrected chi connectivity index (χ2v) is 15.4. The lowest BCUT2D eigenvalue weighted by molar-refractivity contribution is -0.210. The molecule has 2 N–H and O–H groups in total. The van der Waals surface area contributed by atoms with Crippen LogP contribution in [0.1, 0.15) is 94.8 Å². The number of fused-ring (bicyclic) bond motifs is 7. The summed E-state index contributed by atoms with van der Waals surface area (Å²) in [5.74, 6) is -0.813. The van der Waals surface area contributed by atoms with Crippen molar-refractivity contribution in [1.82, 2.24) is 10.3 Å². The number of rotatable bonds is 9. The number of pyridine rings is 1. The van der Waals surface area contributed by atoms with Crippen molar-refractivity contribution in [3.63, 3.8) is 0 Å². The van der Waals surface area contributed by atoms with Gasteiger partial charge in [-0.1, -0.05) is 44.8 Å². The zero-order chi connectivity index (χ0) is 33.7. The fourth-order valence-corrected chi connectivity index (χ4v) is 10.6. The highest BCUT2D eigenvalue weighted by molar-refractivity contribution is 6.01. The van der Waals surface area contributed by atoms with Crippen molar-refractivity contribution in [3.8, 4) is 0 Å². The number of aliphatic hydroxyl groups excluding tert-OH is 1. The molecule has 7 rings (SSSR count). The lowest BCUT2D eigenvalue weighted by atomic mass is 9.46. The van der Waals surface area contributed by atoms with Gasteiger partial charge in [0.2, 0.25) is 5.78 Å². The van der Waals surface area contributed by atoms with Crippen molar-refractivity contribution in [3.05, 3.63) is 53.9 Å². The number of Topliss-reactive ketones (excluding diaryl/α,β-unsaturated/α-hetero) is 1. The van der Waals surface area contributed by atoms with Crippen molar-refractivity contribution < 1.29 is 38.5 Å². The zero-order valence-corrected chi connectivity index (χ0v) is 28.0. The molecule has 0 radical (unpaired) electrons. The molecule has 4 saturated carbocycles. The summed E-state index contributed by atoms with van der Waals surface area (Å²) in [6.07, 6.45) is 15.1. The predicted molar refractivity (Wildman–Crippen MR) is 174 cm³/mol. The molecule has 2 heterocycles. The maximum Gasteiger partial charge on any atom is 0.306 e. The lowest BCUT2D eigenvalue weighted by Crippen LogP contribution is -2.63. The van der Waals surface area contributed by atoms with Crippen LogP contribution in [-0.4, -0.2) is 70.8 Å². The molecule has 5 fully saturated rings. The first-order valence-electron chi connectivity index (χ1n) is 17.9. The SMILES string of the molecule is C[C@]12C=CC(=O)C=C1CC[C@@H]1[C@@H]2[C@@H](O)C[C@@]2(C)[C@H]1C[C@H]1O[C@@H](C3CCCCC3)O[C@]12C(=O)COC(=O)CCCNC(=O)c1cccnc1. The maximum absolute atomic E-state index is 14.5. The molecule has 10 nitrogen and oxygen atoms in total. The molecule has 0 bridgehead atoms. The Morgan fingerprint density at radius 3 is 2.73 bits per heavy atom. The van der Waals surface area contributed by atoms with Crippen LogP contribution in [0.4, 0.5) is 0 Å². The molecule has 0 spiro atoms. The summed E-state index contributed by atoms with van der Waals surface area (Å²) in [7, 11) is 0. The van der Waals surface area contributed by atoms with Gasteiger partial charge in [-0.25, -0.2) is 0 Å². The van der Waals surface area contributed by atoms with Crippen molar-refractivity contribution in [2.45, 2.75) is 109 Å². The van der Waals surface area contributed by atoms with Crippen molar-refractivity contribution in [1.29, 1.82) is 0 Å². The number of carbonyl (C=O) groups is 4. The Morgan fingerprint density at radius 1 is 1.15 bits per heavy atom. The van der Waals surface area contributed by atoms with Crippen molar-refractivity contribution in [2.24, 2.45) is 34.5 Å². The smallest absolute Gasteiger partial charge is 0.306 e. The van der Waals surface area contributed by atoms with E-state index in [4.69, 9.17) is 14.2 Å². The first-order valence-corrected chi connectivity index (χ1v) is 17.9. The zero-order valence-electron chi connectivity index (χ0n) is 28.0. The molecule has 0 unspecified atom stereocenters. The highest BCUT2D eigenvalue weighted by atomic mass is 16.7. The minimum absolute atomic E-state index is 0.00407. The van der Waals surface area contributed by atoms with Crippen LogP contribution >= 0.6 is 0 Å². The molecular formula is C38H48N2O8. The second kappa shape index (κ2) is 12.9. The standard InChI is InChI=1S/C38H48N2O8/c1-36-15-14-26(41)18-25(36)12-13-27-28-19-31-38(37(28,2)20-29(42)33(27)36,48-35(47-31)23-8-4-3-5-9-23)30(43)22-46-32(44)11-7-17-40-34(45)24-10-6-16-39-21-24/h6,10,14-16,18,21,23,27-29,31,33,35,42H,3-5,7-9,11-13,17,19-20,22H2,1-2H3,(H,40,45)/t27-,28-,29-,31+,33+,35+,36-,37-,38+/m0/s1. The van der Waals surface area contributed by atoms with Crippen LogP contribution in [0.25, 0.3) is 0 Å². The van der Waals surface area contributed by atoms with Gasteiger partial charge in [-0.05, 0) is 81.1 Å². The quantitative estimate of drug-likeness (QED) is 0.286. The molecular weight excluding hydrogens is 612 g/mol. The third-order valence-electron chi connectivity index (χ3n) is 12.8. The van der Waals surface area contributed by atoms with Crippen LogP contribution in [0.15, 0.2) is 48.3 Å². The Morgan fingerprint density at radius 2 is 1.96 bits per heavy atom. The normalized spacial score (nSPS) is 38.6. The Kier molecular flexibility index (Phi) is 8.96. The maximum atomic E-state index is 14.5. The largest absolute Gasteiger partial charge is 0.458 e. The average molecular weight is 661 g/mol. The number of nitrogens with zero attached hydrogens (tertiary/aromatic N) is 1. The van der Waals surface area contributed by atoms with Gasteiger partial charge in [-0.15, -0.1) is 0 Å². The minimum atomic E-state index is -1.33. The Hall–Kier alpha value is -3.21. The summed E-state index contributed by atoms with van der Waals surface area (Å²) < 4.78 is 19.2. The number of ether oxygens (including phenoxy) is 3. The van der Waals surface area contributed by atoms with E-state index < -0.39 is 47.5 Å². The lowest BCUT2D eigenvalue weighted by Gasteiger charge is -2.59. The molecule has 9 atom stereocenters. The van der Waals surface area contributed by atoms with E-state index in [0.29, 0.717) is 24.8 Å². The fraction of sp³-hybridized carbons (Fsp3) is 0.658. The molecule has 0 aromatic carbocycles. The molecule has 5 aliphatic carbocycles. The molecule has 6 aliphatic rings. The number of aromatic nitrogens is 1. The number of nitrogens with one attached hydrogen (secondary N) is 1. The third-order valence-corrected chi connectivity index (χ3v) is 12.8. The number of aliphatic hydroxyl groups is 1. The average Bonchev–Trinajstić information content (AvgIpc) is 3.59. The van der Waals surface area contributed by atoms with E-state index in [0.717, 1.165) is 44.1 Å². The van der Waals surface area contributed by atoms with E-state index in [1.807, 2.05) is 6.08 Å². The molecule has 48 heavy (non-hydrogen) atoms. The Bertz CT molecular complexity index is 1500. The predicted octanol–water partition coefficient (Wildman–Crippen LogP) is 4.65. The van der Waals surface area contributed by atoms with Gasteiger partial charge < -0.3 is 24.6 Å². The van der Waals surface area contributed by atoms with Crippen molar-refractivity contribution >= 4 is 23.4 Å². The van der Waals surface area contributed by atoms with Gasteiger partial charge in [0, 0.05) is 48.0 Å².